The molecule has 0 amide bonds. The number of hydrogen-bond acceptors (Lipinski definition) is 3. The number of rotatable bonds is 7. The summed E-state index contributed by atoms with van der Waals surface area (Å²) in [7, 11) is -0.654. The Labute approximate surface area is 120 Å². The van der Waals surface area contributed by atoms with Gasteiger partial charge in [0.15, 0.2) is 0 Å². The Hall–Kier alpha value is 0.0700. The van der Waals surface area contributed by atoms with Gasteiger partial charge in [0.2, 0.25) is 0 Å². The maximum atomic E-state index is 12.6. The summed E-state index contributed by atoms with van der Waals surface area (Å²) < 4.78 is 18.1. The first-order valence-corrected chi connectivity index (χ1v) is 9.37. The van der Waals surface area contributed by atoms with Gasteiger partial charge in [0.1, 0.15) is 0 Å². The molecule has 0 bridgehead atoms. The Bertz CT molecular complexity index is 273. The van der Waals surface area contributed by atoms with E-state index in [4.69, 9.17) is 4.74 Å². The SMILES string of the molecule is CCCNC(CS(=O)C1CCCCC1)C1CCOC1. The Balaban J connectivity index is 1.84. The van der Waals surface area contributed by atoms with Gasteiger partial charge in [-0.1, -0.05) is 26.2 Å². The van der Waals surface area contributed by atoms with Crippen molar-refractivity contribution in [3.05, 3.63) is 0 Å². The van der Waals surface area contributed by atoms with Crippen molar-refractivity contribution < 1.29 is 8.95 Å². The van der Waals surface area contributed by atoms with E-state index in [0.717, 1.165) is 38.4 Å². The molecule has 1 saturated heterocycles. The van der Waals surface area contributed by atoms with Crippen LogP contribution in [0.1, 0.15) is 51.9 Å². The molecule has 3 unspecified atom stereocenters. The van der Waals surface area contributed by atoms with Crippen molar-refractivity contribution in [1.82, 2.24) is 5.32 Å². The Morgan fingerprint density at radius 3 is 2.68 bits per heavy atom. The van der Waals surface area contributed by atoms with Gasteiger partial charge in [0.05, 0.1) is 6.61 Å². The molecule has 0 aromatic rings. The van der Waals surface area contributed by atoms with Gasteiger partial charge in [-0.05, 0) is 32.2 Å². The molecule has 0 aromatic heterocycles. The predicted molar refractivity (Wildman–Crippen MR) is 80.9 cm³/mol. The first-order chi connectivity index (χ1) is 9.31. The van der Waals surface area contributed by atoms with Crippen LogP contribution in [0.25, 0.3) is 0 Å². The fraction of sp³-hybridized carbons (Fsp3) is 1.00. The summed E-state index contributed by atoms with van der Waals surface area (Å²) in [5.74, 6) is 1.40. The van der Waals surface area contributed by atoms with Crippen molar-refractivity contribution in [1.29, 1.82) is 0 Å². The van der Waals surface area contributed by atoms with Gasteiger partial charge in [-0.3, -0.25) is 4.21 Å². The summed E-state index contributed by atoms with van der Waals surface area (Å²) in [6, 6.07) is 0.394. The molecule has 112 valence electrons. The lowest BCUT2D eigenvalue weighted by molar-refractivity contribution is 0.178. The van der Waals surface area contributed by atoms with Gasteiger partial charge < -0.3 is 10.1 Å². The Morgan fingerprint density at radius 1 is 1.26 bits per heavy atom. The molecule has 0 spiro atoms. The van der Waals surface area contributed by atoms with Crippen molar-refractivity contribution in [2.24, 2.45) is 5.92 Å². The van der Waals surface area contributed by atoms with E-state index in [9.17, 15) is 4.21 Å². The second-order valence-corrected chi connectivity index (χ2v) is 7.75. The highest BCUT2D eigenvalue weighted by Crippen LogP contribution is 2.24. The zero-order valence-corrected chi connectivity index (χ0v) is 13.1. The fourth-order valence-electron chi connectivity index (χ4n) is 3.20. The molecular formula is C15H29NO2S. The molecule has 1 heterocycles. The number of hydrogen-bond donors (Lipinski definition) is 1. The summed E-state index contributed by atoms with van der Waals surface area (Å²) in [6.07, 6.45) is 8.50. The summed E-state index contributed by atoms with van der Waals surface area (Å²) in [5.41, 5.74) is 0. The van der Waals surface area contributed by atoms with Crippen LogP contribution in [-0.2, 0) is 15.5 Å². The van der Waals surface area contributed by atoms with E-state index >= 15 is 0 Å². The van der Waals surface area contributed by atoms with E-state index in [2.05, 4.69) is 12.2 Å². The van der Waals surface area contributed by atoms with Gasteiger partial charge in [-0.2, -0.15) is 0 Å². The smallest absolute Gasteiger partial charge is 0.0510 e. The monoisotopic (exact) mass is 287 g/mol. The van der Waals surface area contributed by atoms with Crippen molar-refractivity contribution in [3.63, 3.8) is 0 Å². The molecule has 3 nitrogen and oxygen atoms in total. The zero-order valence-electron chi connectivity index (χ0n) is 12.2. The van der Waals surface area contributed by atoms with E-state index in [1.165, 1.54) is 32.1 Å². The molecule has 2 rings (SSSR count). The van der Waals surface area contributed by atoms with Crippen LogP contribution >= 0.6 is 0 Å². The van der Waals surface area contributed by atoms with Crippen LogP contribution in [0, 0.1) is 5.92 Å². The molecule has 1 N–H and O–H groups in total. The van der Waals surface area contributed by atoms with E-state index in [0.29, 0.717) is 17.2 Å². The fourth-order valence-corrected chi connectivity index (χ4v) is 5.08. The minimum atomic E-state index is -0.654. The Morgan fingerprint density at radius 2 is 2.05 bits per heavy atom. The second kappa shape index (κ2) is 8.38. The number of nitrogens with one attached hydrogen (secondary N) is 1. The maximum Gasteiger partial charge on any atom is 0.0510 e. The minimum Gasteiger partial charge on any atom is -0.381 e. The highest BCUT2D eigenvalue weighted by atomic mass is 32.2. The predicted octanol–water partition coefficient (Wildman–Crippen LogP) is 2.47. The molecule has 1 aliphatic heterocycles. The normalized spacial score (nSPS) is 28.4. The molecule has 4 heteroatoms. The average Bonchev–Trinajstić information content (AvgIpc) is 2.98. The van der Waals surface area contributed by atoms with Gasteiger partial charge in [0, 0.05) is 40.4 Å². The molecule has 0 radical (unpaired) electrons. The second-order valence-electron chi connectivity index (χ2n) is 5.99. The average molecular weight is 287 g/mol. The largest absolute Gasteiger partial charge is 0.381 e. The molecule has 1 saturated carbocycles. The minimum absolute atomic E-state index is 0.394. The van der Waals surface area contributed by atoms with E-state index in [-0.39, 0.29) is 0 Å². The third-order valence-electron chi connectivity index (χ3n) is 4.46. The van der Waals surface area contributed by atoms with Gasteiger partial charge in [-0.15, -0.1) is 0 Å². The lowest BCUT2D eigenvalue weighted by Crippen LogP contribution is -2.43. The Kier molecular flexibility index (Phi) is 6.82. The molecular weight excluding hydrogens is 258 g/mol. The highest BCUT2D eigenvalue weighted by molar-refractivity contribution is 7.85. The number of ether oxygens (including phenoxy) is 1. The first kappa shape index (κ1) is 15.5. The van der Waals surface area contributed by atoms with E-state index in [1.807, 2.05) is 0 Å². The molecule has 2 fully saturated rings. The van der Waals surface area contributed by atoms with Gasteiger partial charge in [-0.25, -0.2) is 0 Å². The summed E-state index contributed by atoms with van der Waals surface area (Å²) in [4.78, 5) is 0. The van der Waals surface area contributed by atoms with Crippen molar-refractivity contribution in [2.75, 3.05) is 25.5 Å². The lowest BCUT2D eigenvalue weighted by Gasteiger charge is -2.27. The summed E-state index contributed by atoms with van der Waals surface area (Å²) in [5, 5.41) is 4.07. The molecule has 19 heavy (non-hydrogen) atoms. The van der Waals surface area contributed by atoms with Crippen molar-refractivity contribution in [2.45, 2.75) is 63.2 Å². The first-order valence-electron chi connectivity index (χ1n) is 7.99. The quantitative estimate of drug-likeness (QED) is 0.782. The lowest BCUT2D eigenvalue weighted by atomic mass is 10.00. The summed E-state index contributed by atoms with van der Waals surface area (Å²) in [6.45, 7) is 4.95. The maximum absolute atomic E-state index is 12.6. The molecule has 1 aliphatic carbocycles. The van der Waals surface area contributed by atoms with Crippen LogP contribution in [0.3, 0.4) is 0 Å². The van der Waals surface area contributed by atoms with Crippen molar-refractivity contribution >= 4 is 10.8 Å². The standard InChI is InChI=1S/C15H29NO2S/c1-2-9-16-15(13-8-10-18-11-13)12-19(17)14-6-4-3-5-7-14/h13-16H,2-12H2,1H3. The summed E-state index contributed by atoms with van der Waals surface area (Å²) >= 11 is 0. The van der Waals surface area contributed by atoms with E-state index in [1.54, 1.807) is 0 Å². The molecule has 0 aromatic carbocycles. The third kappa shape index (κ3) is 4.83. The highest BCUT2D eigenvalue weighted by Gasteiger charge is 2.29. The van der Waals surface area contributed by atoms with Crippen LogP contribution in [0.5, 0.6) is 0 Å². The van der Waals surface area contributed by atoms with Gasteiger partial charge >= 0.3 is 0 Å². The zero-order chi connectivity index (χ0) is 13.5. The topological polar surface area (TPSA) is 38.3 Å². The van der Waals surface area contributed by atoms with Crippen LogP contribution in [0.2, 0.25) is 0 Å². The van der Waals surface area contributed by atoms with Crippen LogP contribution in [0.4, 0.5) is 0 Å². The van der Waals surface area contributed by atoms with E-state index < -0.39 is 10.8 Å². The third-order valence-corrected chi connectivity index (χ3v) is 6.36. The molecule has 2 aliphatic rings. The molecule has 3 atom stereocenters. The van der Waals surface area contributed by atoms with Crippen LogP contribution in [-0.4, -0.2) is 41.0 Å². The van der Waals surface area contributed by atoms with Crippen molar-refractivity contribution in [3.8, 4) is 0 Å². The van der Waals surface area contributed by atoms with Crippen LogP contribution in [0.15, 0.2) is 0 Å². The van der Waals surface area contributed by atoms with Crippen LogP contribution < -0.4 is 5.32 Å². The van der Waals surface area contributed by atoms with Gasteiger partial charge in [0.25, 0.3) is 0 Å².